The third-order valence-corrected chi connectivity index (χ3v) is 3.65. The van der Waals surface area contributed by atoms with E-state index in [4.69, 9.17) is 14.2 Å². The van der Waals surface area contributed by atoms with Gasteiger partial charge in [0.15, 0.2) is 0 Å². The molecule has 1 saturated heterocycles. The highest BCUT2D eigenvalue weighted by Crippen LogP contribution is 2.30. The van der Waals surface area contributed by atoms with Gasteiger partial charge in [-0.2, -0.15) is 0 Å². The smallest absolute Gasteiger partial charge is 0.413 e. The Morgan fingerprint density at radius 1 is 1.36 bits per heavy atom. The zero-order valence-electron chi connectivity index (χ0n) is 15.1. The monoisotopic (exact) mass is 352 g/mol. The van der Waals surface area contributed by atoms with Crippen molar-refractivity contribution in [3.8, 4) is 5.75 Å². The van der Waals surface area contributed by atoms with Gasteiger partial charge in [-0.25, -0.2) is 4.79 Å². The fourth-order valence-electron chi connectivity index (χ4n) is 2.54. The molecule has 1 aliphatic heterocycles. The van der Waals surface area contributed by atoms with Crippen LogP contribution in [0.3, 0.4) is 0 Å². The lowest BCUT2D eigenvalue weighted by molar-refractivity contribution is -0.384. The molecule has 1 amide bonds. The number of non-ortho nitro benzene ring substituents is 1. The highest BCUT2D eigenvalue weighted by atomic mass is 16.6. The first-order valence-electron chi connectivity index (χ1n) is 8.03. The predicted octanol–water partition coefficient (Wildman–Crippen LogP) is 3.35. The predicted molar refractivity (Wildman–Crippen MR) is 90.5 cm³/mol. The van der Waals surface area contributed by atoms with Gasteiger partial charge in [-0.05, 0) is 46.8 Å². The number of ether oxygens (including phenoxy) is 3. The van der Waals surface area contributed by atoms with E-state index >= 15 is 0 Å². The summed E-state index contributed by atoms with van der Waals surface area (Å²) >= 11 is 0. The molecule has 1 fully saturated rings. The van der Waals surface area contributed by atoms with Gasteiger partial charge in [0.25, 0.3) is 5.69 Å². The average molecular weight is 352 g/mol. The van der Waals surface area contributed by atoms with Crippen LogP contribution in [-0.4, -0.2) is 46.5 Å². The summed E-state index contributed by atoms with van der Waals surface area (Å²) in [5.41, 5.74) is -1.42. The van der Waals surface area contributed by atoms with Crippen molar-refractivity contribution in [2.24, 2.45) is 0 Å². The first-order chi connectivity index (χ1) is 11.5. The Balaban J connectivity index is 2.04. The molecule has 0 unspecified atom stereocenters. The molecule has 0 bridgehead atoms. The van der Waals surface area contributed by atoms with Crippen molar-refractivity contribution in [1.29, 1.82) is 0 Å². The molecule has 8 heteroatoms. The third-order valence-electron chi connectivity index (χ3n) is 3.65. The largest absolute Gasteiger partial charge is 0.491 e. The van der Waals surface area contributed by atoms with Crippen LogP contribution in [0.1, 0.15) is 34.6 Å². The summed E-state index contributed by atoms with van der Waals surface area (Å²) in [6.07, 6.45) is -0.465. The molecule has 0 saturated carbocycles. The molecule has 1 atom stereocenters. The first-order valence-corrected chi connectivity index (χ1v) is 8.03. The molecule has 0 aromatic heterocycles. The summed E-state index contributed by atoms with van der Waals surface area (Å²) in [5.74, 6) is 0.486. The van der Waals surface area contributed by atoms with Crippen LogP contribution in [0.2, 0.25) is 0 Å². The topological polar surface area (TPSA) is 91.1 Å². The van der Waals surface area contributed by atoms with Crippen LogP contribution >= 0.6 is 0 Å². The average Bonchev–Trinajstić information content (AvgIpc) is 2.78. The van der Waals surface area contributed by atoms with E-state index < -0.39 is 22.3 Å². The standard InChI is InChI=1S/C17H24N2O6/c1-16(2,3)25-15(20)18-13(11-24-17(18,4)5)10-23-14-8-6-12(7-9-14)19(21)22/h6-9,13H,10-11H2,1-5H3/t13-/m0/s1. The number of carbonyl (C=O) groups is 1. The van der Waals surface area contributed by atoms with Gasteiger partial charge in [0.1, 0.15) is 23.7 Å². The minimum absolute atomic E-state index is 0.00642. The summed E-state index contributed by atoms with van der Waals surface area (Å²) < 4.78 is 16.8. The van der Waals surface area contributed by atoms with E-state index in [0.717, 1.165) is 0 Å². The summed E-state index contributed by atoms with van der Waals surface area (Å²) in [6.45, 7) is 9.51. The zero-order valence-corrected chi connectivity index (χ0v) is 15.1. The molecule has 0 radical (unpaired) electrons. The molecule has 138 valence electrons. The molecule has 2 rings (SSSR count). The van der Waals surface area contributed by atoms with Gasteiger partial charge < -0.3 is 14.2 Å². The molecule has 0 aliphatic carbocycles. The molecular formula is C17H24N2O6. The number of carbonyl (C=O) groups excluding carboxylic acids is 1. The van der Waals surface area contributed by atoms with Gasteiger partial charge in [-0.15, -0.1) is 0 Å². The van der Waals surface area contributed by atoms with Gasteiger partial charge in [0, 0.05) is 12.1 Å². The van der Waals surface area contributed by atoms with Gasteiger partial charge in [-0.1, -0.05) is 0 Å². The fourth-order valence-corrected chi connectivity index (χ4v) is 2.54. The first kappa shape index (κ1) is 19.0. The number of nitro benzene ring substituents is 1. The van der Waals surface area contributed by atoms with Crippen molar-refractivity contribution in [3.63, 3.8) is 0 Å². The minimum atomic E-state index is -0.800. The van der Waals surface area contributed by atoms with Crippen molar-refractivity contribution in [2.45, 2.75) is 52.0 Å². The number of nitrogens with zero attached hydrogens (tertiary/aromatic N) is 2. The van der Waals surface area contributed by atoms with Crippen LogP contribution in [0.25, 0.3) is 0 Å². The fraction of sp³-hybridized carbons (Fsp3) is 0.588. The number of nitro groups is 1. The third kappa shape index (κ3) is 4.82. The van der Waals surface area contributed by atoms with Crippen molar-refractivity contribution in [1.82, 2.24) is 4.90 Å². The molecular weight excluding hydrogens is 328 g/mol. The van der Waals surface area contributed by atoms with E-state index in [0.29, 0.717) is 12.4 Å². The maximum absolute atomic E-state index is 12.5. The Hall–Kier alpha value is -2.35. The van der Waals surface area contributed by atoms with Crippen LogP contribution in [0.4, 0.5) is 10.5 Å². The van der Waals surface area contributed by atoms with Gasteiger partial charge in [-0.3, -0.25) is 15.0 Å². The second-order valence-electron chi connectivity index (χ2n) is 7.32. The maximum atomic E-state index is 12.5. The van der Waals surface area contributed by atoms with Crippen LogP contribution in [0.5, 0.6) is 5.75 Å². The van der Waals surface area contributed by atoms with Crippen LogP contribution < -0.4 is 4.74 Å². The minimum Gasteiger partial charge on any atom is -0.491 e. The summed E-state index contributed by atoms with van der Waals surface area (Å²) in [5, 5.41) is 10.7. The Kier molecular flexibility index (Phi) is 5.22. The molecule has 1 aromatic carbocycles. The Bertz CT molecular complexity index is 636. The van der Waals surface area contributed by atoms with Crippen molar-refractivity contribution in [2.75, 3.05) is 13.2 Å². The van der Waals surface area contributed by atoms with E-state index in [1.54, 1.807) is 34.6 Å². The van der Waals surface area contributed by atoms with E-state index in [9.17, 15) is 14.9 Å². The zero-order chi connectivity index (χ0) is 18.8. The lowest BCUT2D eigenvalue weighted by Crippen LogP contribution is -2.51. The van der Waals surface area contributed by atoms with E-state index in [1.165, 1.54) is 29.2 Å². The van der Waals surface area contributed by atoms with Crippen LogP contribution in [-0.2, 0) is 9.47 Å². The number of hydrogen-bond acceptors (Lipinski definition) is 6. The highest BCUT2D eigenvalue weighted by Gasteiger charge is 2.46. The molecule has 25 heavy (non-hydrogen) atoms. The lowest BCUT2D eigenvalue weighted by atomic mass is 10.2. The molecule has 8 nitrogen and oxygen atoms in total. The number of rotatable bonds is 4. The number of benzene rings is 1. The van der Waals surface area contributed by atoms with Crippen molar-refractivity contribution >= 4 is 11.8 Å². The highest BCUT2D eigenvalue weighted by molar-refractivity contribution is 5.69. The second kappa shape index (κ2) is 6.87. The van der Waals surface area contributed by atoms with Crippen LogP contribution in [0.15, 0.2) is 24.3 Å². The van der Waals surface area contributed by atoms with E-state index in [2.05, 4.69) is 0 Å². The molecule has 1 heterocycles. The number of amides is 1. The van der Waals surface area contributed by atoms with E-state index in [-0.39, 0.29) is 18.3 Å². The number of hydrogen-bond donors (Lipinski definition) is 0. The van der Waals surface area contributed by atoms with Gasteiger partial charge >= 0.3 is 6.09 Å². The van der Waals surface area contributed by atoms with E-state index in [1.807, 2.05) is 0 Å². The summed E-state index contributed by atoms with van der Waals surface area (Å²) in [6, 6.07) is 5.47. The maximum Gasteiger partial charge on any atom is 0.413 e. The summed E-state index contributed by atoms with van der Waals surface area (Å²) in [7, 11) is 0. The molecule has 0 spiro atoms. The molecule has 1 aromatic rings. The Morgan fingerprint density at radius 2 is 1.96 bits per heavy atom. The quantitative estimate of drug-likeness (QED) is 0.609. The SMILES string of the molecule is CC(C)(C)OC(=O)N1[C@@H](COc2ccc([N+](=O)[O-])cc2)COC1(C)C. The molecule has 0 N–H and O–H groups in total. The Labute approximate surface area is 146 Å². The van der Waals surface area contributed by atoms with Crippen molar-refractivity contribution < 1.29 is 23.9 Å². The Morgan fingerprint density at radius 3 is 2.48 bits per heavy atom. The second-order valence-corrected chi connectivity index (χ2v) is 7.32. The van der Waals surface area contributed by atoms with Crippen LogP contribution in [0, 0.1) is 10.1 Å². The lowest BCUT2D eigenvalue weighted by Gasteiger charge is -2.35. The van der Waals surface area contributed by atoms with Gasteiger partial charge in [0.2, 0.25) is 0 Å². The normalized spacial score (nSPS) is 19.6. The van der Waals surface area contributed by atoms with Crippen molar-refractivity contribution in [3.05, 3.63) is 34.4 Å². The summed E-state index contributed by atoms with van der Waals surface area (Å²) in [4.78, 5) is 24.2. The van der Waals surface area contributed by atoms with Gasteiger partial charge in [0.05, 0.1) is 17.6 Å². The molecule has 1 aliphatic rings.